The van der Waals surface area contributed by atoms with E-state index in [1.54, 1.807) is 0 Å². The van der Waals surface area contributed by atoms with Gasteiger partial charge in [0.15, 0.2) is 11.6 Å². The van der Waals surface area contributed by atoms with E-state index in [4.69, 9.17) is 5.73 Å². The molecular weight excluding hydrogens is 259 g/mol. The summed E-state index contributed by atoms with van der Waals surface area (Å²) in [6.07, 6.45) is 0.842. The van der Waals surface area contributed by atoms with E-state index < -0.39 is 23.4 Å². The van der Waals surface area contributed by atoms with E-state index in [0.717, 1.165) is 18.3 Å². The molecule has 1 heterocycles. The van der Waals surface area contributed by atoms with Crippen molar-refractivity contribution in [3.8, 4) is 0 Å². The van der Waals surface area contributed by atoms with Gasteiger partial charge in [0.2, 0.25) is 0 Å². The minimum absolute atomic E-state index is 0.212. The van der Waals surface area contributed by atoms with E-state index in [1.165, 1.54) is 12.1 Å². The monoisotopic (exact) mass is 267 g/mol. The molecule has 0 bridgehead atoms. The van der Waals surface area contributed by atoms with Crippen LogP contribution < -0.4 is 11.1 Å². The van der Waals surface area contributed by atoms with E-state index in [1.807, 2.05) is 0 Å². The fraction of sp³-hybridized carbons (Fsp3) is 0. The summed E-state index contributed by atoms with van der Waals surface area (Å²) in [6, 6.07) is 4.15. The van der Waals surface area contributed by atoms with Crippen LogP contribution in [0, 0.1) is 17.5 Å². The van der Waals surface area contributed by atoms with Crippen LogP contribution in [0.5, 0.6) is 0 Å². The highest BCUT2D eigenvalue weighted by Gasteiger charge is 2.15. The number of hydrogen-bond donors (Lipinski definition) is 2. The third-order valence-corrected chi connectivity index (χ3v) is 2.33. The summed E-state index contributed by atoms with van der Waals surface area (Å²) in [5, 5.41) is 2.09. The van der Waals surface area contributed by atoms with Crippen LogP contribution in [-0.2, 0) is 0 Å². The molecule has 0 aliphatic rings. The van der Waals surface area contributed by atoms with E-state index >= 15 is 0 Å². The zero-order valence-electron chi connectivity index (χ0n) is 9.45. The highest BCUT2D eigenvalue weighted by molar-refractivity contribution is 6.07. The van der Waals surface area contributed by atoms with Crippen LogP contribution in [0.25, 0.3) is 0 Å². The zero-order chi connectivity index (χ0) is 14.0. The molecule has 1 amide bonds. The number of nitrogens with one attached hydrogen (secondary N) is 1. The summed E-state index contributed by atoms with van der Waals surface area (Å²) >= 11 is 0. The molecule has 0 aliphatic carbocycles. The van der Waals surface area contributed by atoms with Gasteiger partial charge >= 0.3 is 0 Å². The summed E-state index contributed by atoms with van der Waals surface area (Å²) in [7, 11) is 0. The maximum atomic E-state index is 13.3. The molecule has 2 rings (SSSR count). The molecule has 1 aromatic heterocycles. The van der Waals surface area contributed by atoms with Gasteiger partial charge in [-0.25, -0.2) is 18.2 Å². The molecule has 0 radical (unpaired) electrons. The minimum Gasteiger partial charge on any atom is -0.383 e. The smallest absolute Gasteiger partial charge is 0.259 e. The number of rotatable bonds is 2. The first-order valence-electron chi connectivity index (χ1n) is 5.15. The number of anilines is 2. The molecule has 0 saturated heterocycles. The molecule has 19 heavy (non-hydrogen) atoms. The molecule has 0 aliphatic heterocycles. The van der Waals surface area contributed by atoms with Crippen LogP contribution in [0.15, 0.2) is 30.5 Å². The van der Waals surface area contributed by atoms with Gasteiger partial charge in [0.25, 0.3) is 5.91 Å². The summed E-state index contributed by atoms with van der Waals surface area (Å²) in [4.78, 5) is 15.2. The molecule has 4 nitrogen and oxygen atoms in total. The van der Waals surface area contributed by atoms with Gasteiger partial charge in [-0.3, -0.25) is 4.79 Å². The first kappa shape index (κ1) is 12.9. The number of pyridine rings is 1. The summed E-state index contributed by atoms with van der Waals surface area (Å²) in [5.41, 5.74) is 4.78. The van der Waals surface area contributed by atoms with Crippen molar-refractivity contribution < 1.29 is 18.0 Å². The van der Waals surface area contributed by atoms with Crippen molar-refractivity contribution in [2.24, 2.45) is 0 Å². The maximum absolute atomic E-state index is 13.3. The molecule has 98 valence electrons. The average molecular weight is 267 g/mol. The number of hydrogen-bond acceptors (Lipinski definition) is 3. The van der Waals surface area contributed by atoms with Crippen molar-refractivity contribution in [2.45, 2.75) is 0 Å². The summed E-state index contributed by atoms with van der Waals surface area (Å²) < 4.78 is 39.3. The second-order valence-electron chi connectivity index (χ2n) is 3.64. The Hall–Kier alpha value is -2.57. The average Bonchev–Trinajstić information content (AvgIpc) is 2.38. The van der Waals surface area contributed by atoms with E-state index in [9.17, 15) is 18.0 Å². The zero-order valence-corrected chi connectivity index (χ0v) is 9.45. The van der Waals surface area contributed by atoms with E-state index in [0.29, 0.717) is 0 Å². The predicted octanol–water partition coefficient (Wildman–Crippen LogP) is 2.33. The lowest BCUT2D eigenvalue weighted by atomic mass is 10.2. The molecule has 1 aromatic carbocycles. The lowest BCUT2D eigenvalue weighted by Crippen LogP contribution is -2.16. The molecule has 0 unspecified atom stereocenters. The first-order valence-corrected chi connectivity index (χ1v) is 5.15. The van der Waals surface area contributed by atoms with Gasteiger partial charge in [-0.05, 0) is 18.2 Å². The van der Waals surface area contributed by atoms with Crippen LogP contribution in [0.1, 0.15) is 10.4 Å². The second-order valence-corrected chi connectivity index (χ2v) is 3.64. The lowest BCUT2D eigenvalue weighted by Gasteiger charge is -2.08. The van der Waals surface area contributed by atoms with Gasteiger partial charge in [0.05, 0.1) is 17.4 Å². The Labute approximate surface area is 106 Å². The topological polar surface area (TPSA) is 68.0 Å². The molecule has 0 fully saturated rings. The lowest BCUT2D eigenvalue weighted by molar-refractivity contribution is 0.102. The molecule has 0 spiro atoms. The Balaban J connectivity index is 2.31. The number of amides is 1. The van der Waals surface area contributed by atoms with Crippen LogP contribution in [0.2, 0.25) is 0 Å². The van der Waals surface area contributed by atoms with Crippen molar-refractivity contribution >= 4 is 17.4 Å². The highest BCUT2D eigenvalue weighted by atomic mass is 19.2. The number of nitrogens with two attached hydrogens (primary N) is 1. The van der Waals surface area contributed by atoms with Crippen LogP contribution in [0.3, 0.4) is 0 Å². The number of nitrogens with zero attached hydrogens (tertiary/aromatic N) is 1. The number of nitrogen functional groups attached to an aromatic ring is 1. The van der Waals surface area contributed by atoms with Gasteiger partial charge in [-0.2, -0.15) is 0 Å². The number of carbonyl (C=O) groups is 1. The Morgan fingerprint density at radius 3 is 2.74 bits per heavy atom. The van der Waals surface area contributed by atoms with Gasteiger partial charge in [-0.1, -0.05) is 6.07 Å². The molecule has 7 heteroatoms. The second kappa shape index (κ2) is 4.97. The minimum atomic E-state index is -1.21. The van der Waals surface area contributed by atoms with Gasteiger partial charge in [0.1, 0.15) is 11.6 Å². The van der Waals surface area contributed by atoms with Gasteiger partial charge in [-0.15, -0.1) is 0 Å². The SMILES string of the molecule is Nc1ncc(F)cc1C(=O)Nc1cccc(F)c1F. The van der Waals surface area contributed by atoms with Crippen LogP contribution >= 0.6 is 0 Å². The highest BCUT2D eigenvalue weighted by Crippen LogP contribution is 2.19. The summed E-state index contributed by atoms with van der Waals surface area (Å²) in [6.45, 7) is 0. The number of carbonyl (C=O) groups excluding carboxylic acids is 1. The predicted molar refractivity (Wildman–Crippen MR) is 62.9 cm³/mol. The molecule has 0 saturated carbocycles. The van der Waals surface area contributed by atoms with Crippen molar-refractivity contribution in [1.82, 2.24) is 4.98 Å². The number of benzene rings is 1. The maximum Gasteiger partial charge on any atom is 0.259 e. The fourth-order valence-electron chi connectivity index (χ4n) is 1.42. The standard InChI is InChI=1S/C12H8F3N3O/c13-6-4-7(11(16)17-5-6)12(19)18-9-3-1-2-8(14)10(9)15/h1-5H,(H2,16,17)(H,18,19). The number of halogens is 3. The fourth-order valence-corrected chi connectivity index (χ4v) is 1.42. The van der Waals surface area contributed by atoms with Crippen molar-refractivity contribution in [3.63, 3.8) is 0 Å². The van der Waals surface area contributed by atoms with Crippen molar-refractivity contribution in [2.75, 3.05) is 11.1 Å². The van der Waals surface area contributed by atoms with E-state index in [2.05, 4.69) is 10.3 Å². The largest absolute Gasteiger partial charge is 0.383 e. The van der Waals surface area contributed by atoms with Gasteiger partial charge in [0, 0.05) is 0 Å². The first-order chi connectivity index (χ1) is 8.99. The van der Waals surface area contributed by atoms with Crippen LogP contribution in [0.4, 0.5) is 24.7 Å². The molecule has 0 atom stereocenters. The Bertz CT molecular complexity index is 646. The quantitative estimate of drug-likeness (QED) is 0.877. The third kappa shape index (κ3) is 2.65. The van der Waals surface area contributed by atoms with Crippen molar-refractivity contribution in [3.05, 3.63) is 53.5 Å². The van der Waals surface area contributed by atoms with E-state index in [-0.39, 0.29) is 17.1 Å². The Kier molecular flexibility index (Phi) is 3.37. The number of aromatic nitrogens is 1. The summed E-state index contributed by atoms with van der Waals surface area (Å²) in [5.74, 6) is -4.18. The third-order valence-electron chi connectivity index (χ3n) is 2.33. The normalized spacial score (nSPS) is 10.3. The van der Waals surface area contributed by atoms with Crippen molar-refractivity contribution in [1.29, 1.82) is 0 Å². The Morgan fingerprint density at radius 2 is 2.00 bits per heavy atom. The molecule has 3 N–H and O–H groups in total. The molecular formula is C12H8F3N3O. The Morgan fingerprint density at radius 1 is 1.26 bits per heavy atom. The molecule has 2 aromatic rings. The van der Waals surface area contributed by atoms with Crippen LogP contribution in [-0.4, -0.2) is 10.9 Å². The van der Waals surface area contributed by atoms with Gasteiger partial charge < -0.3 is 11.1 Å².